The van der Waals surface area contributed by atoms with Gasteiger partial charge in [-0.3, -0.25) is 0 Å². The van der Waals surface area contributed by atoms with Crippen molar-refractivity contribution < 1.29 is 4.43 Å². The normalized spacial score (nSPS) is 25.4. The highest BCUT2D eigenvalue weighted by atomic mass is 32.1. The van der Waals surface area contributed by atoms with Gasteiger partial charge in [0.25, 0.3) is 0 Å². The van der Waals surface area contributed by atoms with Gasteiger partial charge in [-0.1, -0.05) is 39.0 Å². The molecule has 0 radical (unpaired) electrons. The number of hydrogen-bond donors (Lipinski definition) is 0. The predicted octanol–water partition coefficient (Wildman–Crippen LogP) is 5.13. The Bertz CT molecular complexity index is 461. The van der Waals surface area contributed by atoms with Gasteiger partial charge in [0.15, 0.2) is 8.32 Å². The molecule has 0 bridgehead atoms. The average molecular weight is 313 g/mol. The van der Waals surface area contributed by atoms with E-state index < -0.39 is 8.32 Å². The van der Waals surface area contributed by atoms with Crippen LogP contribution in [-0.2, 0) is 4.43 Å². The van der Waals surface area contributed by atoms with E-state index in [-0.39, 0.29) is 11.1 Å². The molecular weight excluding hydrogens is 284 g/mol. The van der Waals surface area contributed by atoms with Crippen LogP contribution in [0, 0.1) is 5.92 Å². The van der Waals surface area contributed by atoms with Gasteiger partial charge in [0.2, 0.25) is 0 Å². The molecule has 1 heterocycles. The van der Waals surface area contributed by atoms with Gasteiger partial charge in [-0.2, -0.15) is 0 Å². The smallest absolute Gasteiger partial charge is 0.193 e. The summed E-state index contributed by atoms with van der Waals surface area (Å²) >= 11 is 1.75. The number of aromatic nitrogens is 2. The van der Waals surface area contributed by atoms with Crippen molar-refractivity contribution in [3.63, 3.8) is 0 Å². The van der Waals surface area contributed by atoms with Crippen molar-refractivity contribution in [2.75, 3.05) is 0 Å². The number of nitrogens with zero attached hydrogens (tertiary/aromatic N) is 2. The van der Waals surface area contributed by atoms with E-state index in [0.29, 0.717) is 5.92 Å². The second-order valence-corrected chi connectivity index (χ2v) is 13.6. The first-order valence-electron chi connectivity index (χ1n) is 7.61. The molecule has 5 heteroatoms. The molecule has 1 atom stereocenters. The Kier molecular flexibility index (Phi) is 4.43. The standard InChI is InChI=1S/C15H28N2OSSi/c1-10-8-12(9-10)14-17-16-13(19-14)11(2)18-20(6,7)15(3,4)5/h10-12H,8-9H2,1-7H3/t10-,11-,12+/m1/s1. The third-order valence-electron chi connectivity index (χ3n) is 4.80. The van der Waals surface area contributed by atoms with Crippen molar-refractivity contribution in [3.05, 3.63) is 10.0 Å². The quantitative estimate of drug-likeness (QED) is 0.722. The maximum absolute atomic E-state index is 6.40. The van der Waals surface area contributed by atoms with Gasteiger partial charge in [-0.05, 0) is 43.8 Å². The molecule has 0 aliphatic heterocycles. The van der Waals surface area contributed by atoms with E-state index in [4.69, 9.17) is 4.43 Å². The molecule has 2 rings (SSSR count). The summed E-state index contributed by atoms with van der Waals surface area (Å²) in [5, 5.41) is 11.3. The van der Waals surface area contributed by atoms with Crippen molar-refractivity contribution in [2.45, 2.75) is 77.6 Å². The van der Waals surface area contributed by atoms with Gasteiger partial charge in [0, 0.05) is 5.92 Å². The second kappa shape index (κ2) is 5.50. The van der Waals surface area contributed by atoms with Gasteiger partial charge >= 0.3 is 0 Å². The van der Waals surface area contributed by atoms with Crippen LogP contribution in [0.15, 0.2) is 0 Å². The molecule has 1 aliphatic rings. The second-order valence-electron chi connectivity index (χ2n) is 7.77. The van der Waals surface area contributed by atoms with Crippen LogP contribution in [0.25, 0.3) is 0 Å². The van der Waals surface area contributed by atoms with Crippen LogP contribution in [0.3, 0.4) is 0 Å². The Balaban J connectivity index is 2.01. The minimum absolute atomic E-state index is 0.0691. The van der Waals surface area contributed by atoms with E-state index in [2.05, 4.69) is 57.9 Å². The molecular formula is C15H28N2OSSi. The number of hydrogen-bond acceptors (Lipinski definition) is 4. The highest BCUT2D eigenvalue weighted by molar-refractivity contribution is 7.11. The molecule has 1 aromatic heterocycles. The van der Waals surface area contributed by atoms with Crippen LogP contribution in [-0.4, -0.2) is 18.5 Å². The Hall–Kier alpha value is -0.263. The summed E-state index contributed by atoms with van der Waals surface area (Å²) in [6.07, 6.45) is 2.61. The van der Waals surface area contributed by atoms with Crippen LogP contribution in [0.5, 0.6) is 0 Å². The summed E-state index contributed by atoms with van der Waals surface area (Å²) < 4.78 is 6.40. The van der Waals surface area contributed by atoms with E-state index >= 15 is 0 Å². The van der Waals surface area contributed by atoms with E-state index in [0.717, 1.165) is 10.9 Å². The van der Waals surface area contributed by atoms with Crippen molar-refractivity contribution in [3.8, 4) is 0 Å². The fourth-order valence-corrected chi connectivity index (χ4v) is 4.73. The van der Waals surface area contributed by atoms with Crippen molar-refractivity contribution in [1.82, 2.24) is 10.2 Å². The molecule has 0 spiro atoms. The summed E-state index contributed by atoms with van der Waals surface area (Å²) in [5.74, 6) is 1.50. The Morgan fingerprint density at radius 2 is 1.85 bits per heavy atom. The zero-order chi connectivity index (χ0) is 15.1. The van der Waals surface area contributed by atoms with Gasteiger partial charge in [0.1, 0.15) is 10.0 Å². The third-order valence-corrected chi connectivity index (χ3v) is 10.6. The van der Waals surface area contributed by atoms with Gasteiger partial charge < -0.3 is 4.43 Å². The molecule has 1 aromatic rings. The lowest BCUT2D eigenvalue weighted by atomic mass is 9.77. The fourth-order valence-electron chi connectivity index (χ4n) is 2.35. The largest absolute Gasteiger partial charge is 0.408 e. The lowest BCUT2D eigenvalue weighted by Crippen LogP contribution is -2.41. The Morgan fingerprint density at radius 1 is 1.25 bits per heavy atom. The summed E-state index contributed by atoms with van der Waals surface area (Å²) in [5.41, 5.74) is 0. The third kappa shape index (κ3) is 3.31. The molecule has 0 unspecified atom stereocenters. The highest BCUT2D eigenvalue weighted by Gasteiger charge is 2.39. The van der Waals surface area contributed by atoms with E-state index in [9.17, 15) is 0 Å². The molecule has 1 saturated carbocycles. The maximum atomic E-state index is 6.40. The molecule has 1 fully saturated rings. The van der Waals surface area contributed by atoms with E-state index in [1.54, 1.807) is 11.3 Å². The SMILES string of the molecule is C[C@@H](O[Si](C)(C)C(C)(C)C)c1nnc([C@H]2C[C@@H](C)C2)s1. The topological polar surface area (TPSA) is 35.0 Å². The Morgan fingerprint density at radius 3 is 2.35 bits per heavy atom. The molecule has 114 valence electrons. The average Bonchev–Trinajstić information content (AvgIpc) is 2.71. The fraction of sp³-hybridized carbons (Fsp3) is 0.867. The monoisotopic (exact) mass is 312 g/mol. The molecule has 1 aliphatic carbocycles. The summed E-state index contributed by atoms with van der Waals surface area (Å²) in [7, 11) is -1.74. The van der Waals surface area contributed by atoms with Crippen molar-refractivity contribution >= 4 is 19.7 Å². The maximum Gasteiger partial charge on any atom is 0.193 e. The molecule has 0 saturated heterocycles. The van der Waals surface area contributed by atoms with Crippen molar-refractivity contribution in [1.29, 1.82) is 0 Å². The highest BCUT2D eigenvalue weighted by Crippen LogP contribution is 2.44. The Labute approximate surface area is 128 Å². The summed E-state index contributed by atoms with van der Waals surface area (Å²) in [6, 6.07) is 0. The first kappa shape index (κ1) is 16.1. The van der Waals surface area contributed by atoms with Gasteiger partial charge in [0.05, 0.1) is 6.10 Å². The van der Waals surface area contributed by atoms with Crippen LogP contribution < -0.4 is 0 Å². The summed E-state index contributed by atoms with van der Waals surface area (Å²) in [4.78, 5) is 0. The lowest BCUT2D eigenvalue weighted by molar-refractivity contribution is 0.201. The predicted molar refractivity (Wildman–Crippen MR) is 87.7 cm³/mol. The molecule has 0 aromatic carbocycles. The zero-order valence-electron chi connectivity index (χ0n) is 13.9. The van der Waals surface area contributed by atoms with Gasteiger partial charge in [-0.15, -0.1) is 10.2 Å². The molecule has 0 amide bonds. The number of rotatable bonds is 4. The van der Waals surface area contributed by atoms with Gasteiger partial charge in [-0.25, -0.2) is 0 Å². The van der Waals surface area contributed by atoms with Crippen LogP contribution in [0.4, 0.5) is 0 Å². The van der Waals surface area contributed by atoms with E-state index in [1.165, 1.54) is 17.8 Å². The lowest BCUT2D eigenvalue weighted by Gasteiger charge is -2.37. The van der Waals surface area contributed by atoms with Crippen LogP contribution in [0.1, 0.15) is 69.5 Å². The molecule has 20 heavy (non-hydrogen) atoms. The molecule has 3 nitrogen and oxygen atoms in total. The first-order chi connectivity index (χ1) is 9.10. The first-order valence-corrected chi connectivity index (χ1v) is 11.3. The minimum atomic E-state index is -1.74. The minimum Gasteiger partial charge on any atom is -0.408 e. The summed E-state index contributed by atoms with van der Waals surface area (Å²) in [6.45, 7) is 15.8. The van der Waals surface area contributed by atoms with Crippen LogP contribution >= 0.6 is 11.3 Å². The van der Waals surface area contributed by atoms with Crippen LogP contribution in [0.2, 0.25) is 18.1 Å². The molecule has 0 N–H and O–H groups in total. The van der Waals surface area contributed by atoms with Crippen molar-refractivity contribution in [2.24, 2.45) is 5.92 Å². The zero-order valence-corrected chi connectivity index (χ0v) is 15.7. The van der Waals surface area contributed by atoms with E-state index in [1.807, 2.05) is 0 Å².